The molecule has 3 aromatic carbocycles. The van der Waals surface area contributed by atoms with Gasteiger partial charge in [-0.25, -0.2) is 0 Å². The molecule has 33 heavy (non-hydrogen) atoms. The van der Waals surface area contributed by atoms with Crippen LogP contribution in [0.25, 0.3) is 10.9 Å². The molecule has 1 amide bonds. The normalized spacial score (nSPS) is 11.9. The summed E-state index contributed by atoms with van der Waals surface area (Å²) in [6, 6.07) is 23.4. The topological polar surface area (TPSA) is 82.2 Å². The van der Waals surface area contributed by atoms with Crippen LogP contribution in [0.1, 0.15) is 40.3 Å². The number of hydrogen-bond donors (Lipinski definition) is 3. The summed E-state index contributed by atoms with van der Waals surface area (Å²) in [6.07, 6.45) is 2.58. The molecule has 4 aromatic rings. The summed E-state index contributed by atoms with van der Waals surface area (Å²) in [5, 5.41) is 13.1. The maximum atomic E-state index is 13.0. The van der Waals surface area contributed by atoms with Crippen LogP contribution < -0.4 is 5.32 Å². The van der Waals surface area contributed by atoms with Crippen LogP contribution in [0.4, 0.5) is 0 Å². The van der Waals surface area contributed by atoms with Crippen LogP contribution in [-0.4, -0.2) is 22.0 Å². The average molecular weight is 461 g/mol. The van der Waals surface area contributed by atoms with E-state index in [-0.39, 0.29) is 24.8 Å². The third kappa shape index (κ3) is 5.62. The summed E-state index contributed by atoms with van der Waals surface area (Å²) < 4.78 is 0. The number of alkyl halides is 1. The Hall–Kier alpha value is -3.57. The van der Waals surface area contributed by atoms with Crippen molar-refractivity contribution in [1.29, 1.82) is 0 Å². The van der Waals surface area contributed by atoms with Gasteiger partial charge in [0.2, 0.25) is 5.91 Å². The molecule has 0 radical (unpaired) electrons. The molecule has 1 aromatic heterocycles. The van der Waals surface area contributed by atoms with E-state index in [9.17, 15) is 9.59 Å². The fourth-order valence-corrected chi connectivity index (χ4v) is 4.16. The minimum Gasteiger partial charge on any atom is -0.481 e. The Morgan fingerprint density at radius 2 is 1.64 bits per heavy atom. The lowest BCUT2D eigenvalue weighted by Gasteiger charge is -2.20. The highest BCUT2D eigenvalue weighted by atomic mass is 35.5. The van der Waals surface area contributed by atoms with Crippen LogP contribution in [0.5, 0.6) is 0 Å². The molecule has 0 aliphatic rings. The number of fused-ring (bicyclic) bond motifs is 1. The third-order valence-corrected chi connectivity index (χ3v) is 6.02. The van der Waals surface area contributed by atoms with Crippen molar-refractivity contribution in [2.45, 2.75) is 31.2 Å². The number of benzene rings is 3. The largest absolute Gasteiger partial charge is 0.481 e. The number of hydrogen-bond acceptors (Lipinski definition) is 2. The van der Waals surface area contributed by atoms with Gasteiger partial charge in [0, 0.05) is 29.4 Å². The number of aryl methyl sites for hydroxylation is 1. The van der Waals surface area contributed by atoms with Gasteiger partial charge in [-0.05, 0) is 46.4 Å². The number of aromatic amines is 1. The second-order valence-electron chi connectivity index (χ2n) is 8.05. The van der Waals surface area contributed by atoms with E-state index < -0.39 is 5.97 Å². The van der Waals surface area contributed by atoms with E-state index in [0.717, 1.165) is 38.7 Å². The Morgan fingerprint density at radius 3 is 2.33 bits per heavy atom. The summed E-state index contributed by atoms with van der Waals surface area (Å²) in [4.78, 5) is 27.2. The number of carboxylic acid groups (broad SMARTS) is 1. The Bertz CT molecular complexity index is 1250. The van der Waals surface area contributed by atoms with Gasteiger partial charge in [-0.3, -0.25) is 9.59 Å². The zero-order chi connectivity index (χ0) is 23.2. The molecule has 1 unspecified atom stereocenters. The molecule has 0 saturated carbocycles. The molecule has 3 N–H and O–H groups in total. The Balaban J connectivity index is 1.54. The van der Waals surface area contributed by atoms with Crippen molar-refractivity contribution in [2.24, 2.45) is 0 Å². The predicted octanol–water partition coefficient (Wildman–Crippen LogP) is 5.37. The van der Waals surface area contributed by atoms with E-state index in [0.29, 0.717) is 12.3 Å². The minimum atomic E-state index is -0.828. The third-order valence-electron chi connectivity index (χ3n) is 5.71. The lowest BCUT2D eigenvalue weighted by molar-refractivity contribution is -0.137. The smallest absolute Gasteiger partial charge is 0.303 e. The first kappa shape index (κ1) is 22.6. The molecule has 1 atom stereocenters. The van der Waals surface area contributed by atoms with Crippen LogP contribution in [0.15, 0.2) is 79.0 Å². The van der Waals surface area contributed by atoms with Crippen molar-refractivity contribution in [2.75, 3.05) is 0 Å². The van der Waals surface area contributed by atoms with Gasteiger partial charge in [0.1, 0.15) is 0 Å². The summed E-state index contributed by atoms with van der Waals surface area (Å²) in [5.41, 5.74) is 5.76. The quantitative estimate of drug-likeness (QED) is 0.293. The Labute approximate surface area is 197 Å². The first-order valence-corrected chi connectivity index (χ1v) is 11.4. The molecular weight excluding hydrogens is 436 g/mol. The lowest BCUT2D eigenvalue weighted by atomic mass is 9.97. The van der Waals surface area contributed by atoms with Gasteiger partial charge < -0.3 is 15.4 Å². The van der Waals surface area contributed by atoms with Gasteiger partial charge in [0.25, 0.3) is 0 Å². The molecule has 1 heterocycles. The van der Waals surface area contributed by atoms with Crippen molar-refractivity contribution in [1.82, 2.24) is 10.3 Å². The van der Waals surface area contributed by atoms with Gasteiger partial charge in [-0.2, -0.15) is 0 Å². The SMILES string of the molecule is O=C(O)CCc1c[nH]c2ccc(CC(=O)NC(c3ccccc3)c3ccc(CCl)cc3)cc12. The highest BCUT2D eigenvalue weighted by Gasteiger charge is 2.17. The highest BCUT2D eigenvalue weighted by molar-refractivity contribution is 6.17. The average Bonchev–Trinajstić information content (AvgIpc) is 3.24. The highest BCUT2D eigenvalue weighted by Crippen LogP contribution is 2.24. The number of carbonyl (C=O) groups excluding carboxylic acids is 1. The van der Waals surface area contributed by atoms with Crippen molar-refractivity contribution in [3.8, 4) is 0 Å². The number of aliphatic carboxylic acids is 1. The molecule has 0 saturated heterocycles. The lowest BCUT2D eigenvalue weighted by Crippen LogP contribution is -2.30. The Kier molecular flexibility index (Phi) is 7.10. The number of rotatable bonds is 9. The van der Waals surface area contributed by atoms with Crippen molar-refractivity contribution >= 4 is 34.4 Å². The van der Waals surface area contributed by atoms with E-state index in [2.05, 4.69) is 10.3 Å². The van der Waals surface area contributed by atoms with Crippen LogP contribution in [-0.2, 0) is 28.3 Å². The van der Waals surface area contributed by atoms with E-state index in [1.165, 1.54) is 0 Å². The fourth-order valence-electron chi connectivity index (χ4n) is 3.99. The molecule has 0 spiro atoms. The van der Waals surface area contributed by atoms with Gasteiger partial charge in [-0.15, -0.1) is 11.6 Å². The summed E-state index contributed by atoms with van der Waals surface area (Å²) in [6.45, 7) is 0. The number of halogens is 1. The number of aromatic nitrogens is 1. The number of amides is 1. The molecule has 0 bridgehead atoms. The number of carboxylic acids is 1. The summed E-state index contributed by atoms with van der Waals surface area (Å²) >= 11 is 5.93. The standard InChI is InChI=1S/C27H25ClN2O3/c28-16-18-6-9-21(10-7-18)27(20-4-2-1-3-5-20)30-25(31)15-19-8-12-24-23(14-19)22(17-29-24)11-13-26(32)33/h1-10,12,14,17,27,29H,11,13,15-16H2,(H,30,31)(H,32,33). The predicted molar refractivity (Wildman–Crippen MR) is 130 cm³/mol. The monoisotopic (exact) mass is 460 g/mol. The van der Waals surface area contributed by atoms with Crippen LogP contribution in [0.3, 0.4) is 0 Å². The summed E-state index contributed by atoms with van der Waals surface area (Å²) in [7, 11) is 0. The number of H-pyrrole nitrogens is 1. The molecule has 4 rings (SSSR count). The molecule has 6 heteroatoms. The van der Waals surface area contributed by atoms with E-state index in [1.807, 2.05) is 79.0 Å². The van der Waals surface area contributed by atoms with Crippen molar-refractivity contribution in [3.63, 3.8) is 0 Å². The second-order valence-corrected chi connectivity index (χ2v) is 8.32. The maximum Gasteiger partial charge on any atom is 0.303 e. The Morgan fingerprint density at radius 1 is 0.939 bits per heavy atom. The minimum absolute atomic E-state index is 0.0684. The molecular formula is C27H25ClN2O3. The molecule has 0 aliphatic heterocycles. The van der Waals surface area contributed by atoms with E-state index >= 15 is 0 Å². The van der Waals surface area contributed by atoms with Crippen LogP contribution in [0, 0.1) is 0 Å². The summed E-state index contributed by atoms with van der Waals surface area (Å²) in [5.74, 6) is -0.475. The van der Waals surface area contributed by atoms with Gasteiger partial charge in [0.05, 0.1) is 12.5 Å². The van der Waals surface area contributed by atoms with E-state index in [4.69, 9.17) is 16.7 Å². The zero-order valence-electron chi connectivity index (χ0n) is 18.1. The number of carbonyl (C=O) groups is 2. The van der Waals surface area contributed by atoms with Crippen LogP contribution in [0.2, 0.25) is 0 Å². The molecule has 0 fully saturated rings. The van der Waals surface area contributed by atoms with E-state index in [1.54, 1.807) is 0 Å². The molecule has 5 nitrogen and oxygen atoms in total. The van der Waals surface area contributed by atoms with Crippen molar-refractivity contribution < 1.29 is 14.7 Å². The molecule has 0 aliphatic carbocycles. The maximum absolute atomic E-state index is 13.0. The fraction of sp³-hybridized carbons (Fsp3) is 0.185. The van der Waals surface area contributed by atoms with Gasteiger partial charge >= 0.3 is 5.97 Å². The van der Waals surface area contributed by atoms with Gasteiger partial charge in [-0.1, -0.05) is 60.7 Å². The number of nitrogens with one attached hydrogen (secondary N) is 2. The second kappa shape index (κ2) is 10.4. The zero-order valence-corrected chi connectivity index (χ0v) is 18.8. The first-order chi connectivity index (χ1) is 16.0. The molecule has 168 valence electrons. The first-order valence-electron chi connectivity index (χ1n) is 10.8. The van der Waals surface area contributed by atoms with Crippen LogP contribution >= 0.6 is 11.6 Å². The van der Waals surface area contributed by atoms with Gasteiger partial charge in [0.15, 0.2) is 0 Å². The van der Waals surface area contributed by atoms with Crippen molar-refractivity contribution in [3.05, 3.63) is 107 Å².